The fourth-order valence-electron chi connectivity index (χ4n) is 1.75. The molecule has 1 atom stereocenters. The summed E-state index contributed by atoms with van der Waals surface area (Å²) in [7, 11) is 0. The molecule has 0 spiro atoms. The highest BCUT2D eigenvalue weighted by molar-refractivity contribution is 14.1. The molecule has 2 aromatic rings. The first kappa shape index (κ1) is 13.4. The van der Waals surface area contributed by atoms with Crippen molar-refractivity contribution < 1.29 is 4.74 Å². The van der Waals surface area contributed by atoms with Gasteiger partial charge in [-0.05, 0) is 77.9 Å². The number of hydrogen-bond donors (Lipinski definition) is 1. The maximum Gasteiger partial charge on any atom is 0.127 e. The van der Waals surface area contributed by atoms with E-state index in [9.17, 15) is 0 Å². The van der Waals surface area contributed by atoms with Crippen LogP contribution in [0.4, 0.5) is 0 Å². The zero-order chi connectivity index (χ0) is 13.0. The number of rotatable bonds is 4. The predicted molar refractivity (Wildman–Crippen MR) is 83.0 cm³/mol. The van der Waals surface area contributed by atoms with Crippen molar-refractivity contribution in [3.05, 3.63) is 57.7 Å². The molecule has 0 bridgehead atoms. The van der Waals surface area contributed by atoms with Crippen LogP contribution in [-0.2, 0) is 6.42 Å². The molecule has 0 heterocycles. The van der Waals surface area contributed by atoms with Crippen molar-refractivity contribution in [2.24, 2.45) is 5.73 Å². The fraction of sp³-hybridized carbons (Fsp3) is 0.200. The average Bonchev–Trinajstić information content (AvgIpc) is 2.32. The fourth-order valence-corrected chi connectivity index (χ4v) is 2.11. The smallest absolute Gasteiger partial charge is 0.127 e. The molecule has 94 valence electrons. The molecule has 0 fully saturated rings. The van der Waals surface area contributed by atoms with Gasteiger partial charge in [-0.15, -0.1) is 0 Å². The lowest BCUT2D eigenvalue weighted by atomic mass is 10.1. The Kier molecular flexibility index (Phi) is 4.60. The molecule has 1 unspecified atom stereocenters. The molecule has 3 heteroatoms. The van der Waals surface area contributed by atoms with Gasteiger partial charge in [0, 0.05) is 9.61 Å². The summed E-state index contributed by atoms with van der Waals surface area (Å²) >= 11 is 2.28. The molecule has 2 nitrogen and oxygen atoms in total. The zero-order valence-corrected chi connectivity index (χ0v) is 12.4. The van der Waals surface area contributed by atoms with E-state index in [4.69, 9.17) is 10.5 Å². The Bertz CT molecular complexity index is 508. The van der Waals surface area contributed by atoms with Crippen LogP contribution in [0.2, 0.25) is 0 Å². The summed E-state index contributed by atoms with van der Waals surface area (Å²) in [5.74, 6) is 1.71. The number of nitrogens with two attached hydrogens (primary N) is 1. The monoisotopic (exact) mass is 353 g/mol. The second kappa shape index (κ2) is 6.20. The summed E-state index contributed by atoms with van der Waals surface area (Å²) in [5, 5.41) is 0. The van der Waals surface area contributed by atoms with Gasteiger partial charge in [0.15, 0.2) is 0 Å². The minimum Gasteiger partial charge on any atom is -0.457 e. The molecule has 0 aliphatic carbocycles. The summed E-state index contributed by atoms with van der Waals surface area (Å²) < 4.78 is 7.01. The van der Waals surface area contributed by atoms with Gasteiger partial charge in [-0.2, -0.15) is 0 Å². The van der Waals surface area contributed by atoms with Gasteiger partial charge >= 0.3 is 0 Å². The van der Waals surface area contributed by atoms with E-state index in [1.54, 1.807) is 0 Å². The molecule has 0 aliphatic heterocycles. The molecule has 0 radical (unpaired) electrons. The van der Waals surface area contributed by atoms with Crippen LogP contribution in [-0.4, -0.2) is 6.04 Å². The molecule has 2 rings (SSSR count). The van der Waals surface area contributed by atoms with Crippen molar-refractivity contribution in [2.75, 3.05) is 0 Å². The van der Waals surface area contributed by atoms with E-state index in [0.717, 1.165) is 17.9 Å². The highest BCUT2D eigenvalue weighted by Gasteiger charge is 2.01. The van der Waals surface area contributed by atoms with Crippen molar-refractivity contribution in [2.45, 2.75) is 19.4 Å². The molecule has 0 saturated carbocycles. The van der Waals surface area contributed by atoms with Crippen LogP contribution in [0.15, 0.2) is 48.5 Å². The van der Waals surface area contributed by atoms with E-state index < -0.39 is 0 Å². The molecular weight excluding hydrogens is 337 g/mol. The first-order chi connectivity index (χ1) is 8.63. The third-order valence-electron chi connectivity index (χ3n) is 2.51. The summed E-state index contributed by atoms with van der Waals surface area (Å²) in [6.07, 6.45) is 0.865. The summed E-state index contributed by atoms with van der Waals surface area (Å²) in [6, 6.07) is 16.2. The summed E-state index contributed by atoms with van der Waals surface area (Å²) in [6.45, 7) is 2.01. The Morgan fingerprint density at radius 3 is 2.50 bits per heavy atom. The minimum atomic E-state index is 0.165. The number of hydrogen-bond acceptors (Lipinski definition) is 2. The maximum atomic E-state index is 5.81. The molecule has 2 aromatic carbocycles. The highest BCUT2D eigenvalue weighted by atomic mass is 127. The Balaban J connectivity index is 2.11. The van der Waals surface area contributed by atoms with Gasteiger partial charge in [0.2, 0.25) is 0 Å². The van der Waals surface area contributed by atoms with Gasteiger partial charge < -0.3 is 10.5 Å². The van der Waals surface area contributed by atoms with E-state index in [2.05, 4.69) is 28.7 Å². The van der Waals surface area contributed by atoms with Crippen LogP contribution in [0.3, 0.4) is 0 Å². The van der Waals surface area contributed by atoms with Crippen molar-refractivity contribution in [3.8, 4) is 11.5 Å². The Hall–Kier alpha value is -1.07. The van der Waals surface area contributed by atoms with Crippen LogP contribution in [0.1, 0.15) is 12.5 Å². The molecular formula is C15H16INO. The SMILES string of the molecule is CC(N)Cc1cccc(Oc2ccc(I)cc2)c1. The Morgan fingerprint density at radius 2 is 1.83 bits per heavy atom. The van der Waals surface area contributed by atoms with Crippen LogP contribution < -0.4 is 10.5 Å². The van der Waals surface area contributed by atoms with E-state index in [-0.39, 0.29) is 6.04 Å². The lowest BCUT2D eigenvalue weighted by Gasteiger charge is -2.09. The quantitative estimate of drug-likeness (QED) is 0.845. The molecule has 18 heavy (non-hydrogen) atoms. The zero-order valence-electron chi connectivity index (χ0n) is 10.3. The predicted octanol–water partition coefficient (Wildman–Crippen LogP) is 3.97. The molecule has 0 saturated heterocycles. The van der Waals surface area contributed by atoms with Gasteiger partial charge in [-0.3, -0.25) is 0 Å². The van der Waals surface area contributed by atoms with Gasteiger partial charge in [0.05, 0.1) is 0 Å². The van der Waals surface area contributed by atoms with Crippen molar-refractivity contribution in [3.63, 3.8) is 0 Å². The van der Waals surface area contributed by atoms with Crippen LogP contribution >= 0.6 is 22.6 Å². The first-order valence-electron chi connectivity index (χ1n) is 5.91. The van der Waals surface area contributed by atoms with E-state index in [1.165, 1.54) is 9.13 Å². The lowest BCUT2D eigenvalue weighted by molar-refractivity contribution is 0.481. The topological polar surface area (TPSA) is 35.2 Å². The van der Waals surface area contributed by atoms with Gasteiger partial charge in [-0.1, -0.05) is 12.1 Å². The van der Waals surface area contributed by atoms with Crippen LogP contribution in [0.25, 0.3) is 0 Å². The highest BCUT2D eigenvalue weighted by Crippen LogP contribution is 2.23. The van der Waals surface area contributed by atoms with E-state index in [1.807, 2.05) is 49.4 Å². The van der Waals surface area contributed by atoms with E-state index in [0.29, 0.717) is 0 Å². The summed E-state index contributed by atoms with van der Waals surface area (Å²) in [5.41, 5.74) is 7.00. The van der Waals surface area contributed by atoms with Gasteiger partial charge in [0.1, 0.15) is 11.5 Å². The normalized spacial score (nSPS) is 12.2. The first-order valence-corrected chi connectivity index (χ1v) is 6.99. The molecule has 0 amide bonds. The molecule has 0 aliphatic rings. The Morgan fingerprint density at radius 1 is 1.11 bits per heavy atom. The lowest BCUT2D eigenvalue weighted by Crippen LogP contribution is -2.17. The van der Waals surface area contributed by atoms with Crippen LogP contribution in [0, 0.1) is 3.57 Å². The van der Waals surface area contributed by atoms with Gasteiger partial charge in [-0.25, -0.2) is 0 Å². The maximum absolute atomic E-state index is 5.81. The third-order valence-corrected chi connectivity index (χ3v) is 3.22. The second-order valence-corrected chi connectivity index (χ2v) is 5.63. The second-order valence-electron chi connectivity index (χ2n) is 4.38. The van der Waals surface area contributed by atoms with Crippen molar-refractivity contribution in [1.29, 1.82) is 0 Å². The molecule has 2 N–H and O–H groups in total. The summed E-state index contributed by atoms with van der Waals surface area (Å²) in [4.78, 5) is 0. The molecule has 0 aromatic heterocycles. The Labute approximate surface area is 121 Å². The average molecular weight is 353 g/mol. The van der Waals surface area contributed by atoms with Gasteiger partial charge in [0.25, 0.3) is 0 Å². The van der Waals surface area contributed by atoms with Crippen LogP contribution in [0.5, 0.6) is 11.5 Å². The van der Waals surface area contributed by atoms with E-state index >= 15 is 0 Å². The largest absolute Gasteiger partial charge is 0.457 e. The minimum absolute atomic E-state index is 0.165. The number of ether oxygens (including phenoxy) is 1. The standard InChI is InChI=1S/C15H16INO/c1-11(17)9-12-3-2-4-15(10-12)18-14-7-5-13(16)6-8-14/h2-8,10-11H,9,17H2,1H3. The number of halogens is 1. The van der Waals surface area contributed by atoms with Crippen molar-refractivity contribution >= 4 is 22.6 Å². The van der Waals surface area contributed by atoms with Crippen molar-refractivity contribution in [1.82, 2.24) is 0 Å². The third kappa shape index (κ3) is 3.99. The number of benzene rings is 2.